The Labute approximate surface area is 85.1 Å². The molecule has 1 aliphatic rings. The van der Waals surface area contributed by atoms with Crippen LogP contribution in [-0.2, 0) is 0 Å². The second-order valence-corrected chi connectivity index (χ2v) is 4.16. The molecule has 0 aliphatic heterocycles. The van der Waals surface area contributed by atoms with Gasteiger partial charge in [-0.15, -0.1) is 0 Å². The van der Waals surface area contributed by atoms with Gasteiger partial charge in [-0.2, -0.15) is 0 Å². The number of hydrogen-bond acceptors (Lipinski definition) is 2. The van der Waals surface area contributed by atoms with Crippen molar-refractivity contribution < 1.29 is 4.74 Å². The number of anilines is 1. The van der Waals surface area contributed by atoms with E-state index in [0.29, 0.717) is 0 Å². The van der Waals surface area contributed by atoms with Gasteiger partial charge in [0.1, 0.15) is 5.75 Å². The van der Waals surface area contributed by atoms with Crippen molar-refractivity contribution in [2.45, 2.75) is 19.8 Å². The number of benzene rings is 1. The SMILES string of the molecule is C[C@H]1CC[C@@H]1COc1ccccc1N. The molecule has 0 radical (unpaired) electrons. The van der Waals surface area contributed by atoms with Crippen LogP contribution in [0, 0.1) is 11.8 Å². The minimum Gasteiger partial charge on any atom is -0.491 e. The maximum Gasteiger partial charge on any atom is 0.142 e. The fourth-order valence-corrected chi connectivity index (χ4v) is 1.79. The molecule has 0 bridgehead atoms. The third kappa shape index (κ3) is 1.84. The lowest BCUT2D eigenvalue weighted by Gasteiger charge is -2.33. The maximum absolute atomic E-state index is 5.78. The molecule has 1 aromatic carbocycles. The molecule has 2 nitrogen and oxygen atoms in total. The zero-order valence-corrected chi connectivity index (χ0v) is 8.57. The molecule has 1 aromatic rings. The topological polar surface area (TPSA) is 35.2 Å². The molecule has 14 heavy (non-hydrogen) atoms. The van der Waals surface area contributed by atoms with Gasteiger partial charge in [0.2, 0.25) is 0 Å². The van der Waals surface area contributed by atoms with Crippen molar-refractivity contribution in [1.82, 2.24) is 0 Å². The van der Waals surface area contributed by atoms with Gasteiger partial charge >= 0.3 is 0 Å². The van der Waals surface area contributed by atoms with Gasteiger partial charge in [0.15, 0.2) is 0 Å². The smallest absolute Gasteiger partial charge is 0.142 e. The summed E-state index contributed by atoms with van der Waals surface area (Å²) in [7, 11) is 0. The summed E-state index contributed by atoms with van der Waals surface area (Å²) in [5, 5.41) is 0. The average molecular weight is 191 g/mol. The molecule has 1 aliphatic carbocycles. The van der Waals surface area contributed by atoms with Gasteiger partial charge in [-0.3, -0.25) is 0 Å². The van der Waals surface area contributed by atoms with Crippen molar-refractivity contribution in [3.63, 3.8) is 0 Å². The van der Waals surface area contributed by atoms with Gasteiger partial charge < -0.3 is 10.5 Å². The van der Waals surface area contributed by atoms with Gasteiger partial charge in [-0.25, -0.2) is 0 Å². The highest BCUT2D eigenvalue weighted by molar-refractivity contribution is 5.51. The van der Waals surface area contributed by atoms with Gasteiger partial charge in [0, 0.05) is 0 Å². The predicted molar refractivity (Wildman–Crippen MR) is 58.2 cm³/mol. The number of ether oxygens (including phenoxy) is 1. The molecule has 76 valence electrons. The summed E-state index contributed by atoms with van der Waals surface area (Å²) in [5.74, 6) is 2.38. The summed E-state index contributed by atoms with van der Waals surface area (Å²) in [4.78, 5) is 0. The molecular weight excluding hydrogens is 174 g/mol. The lowest BCUT2D eigenvalue weighted by molar-refractivity contribution is 0.117. The van der Waals surface area contributed by atoms with E-state index < -0.39 is 0 Å². The highest BCUT2D eigenvalue weighted by Gasteiger charge is 2.27. The number of para-hydroxylation sites is 2. The first-order valence-electron chi connectivity index (χ1n) is 5.24. The molecular formula is C12H17NO. The van der Waals surface area contributed by atoms with E-state index in [-0.39, 0.29) is 0 Å². The van der Waals surface area contributed by atoms with Crippen molar-refractivity contribution in [3.8, 4) is 5.75 Å². The molecule has 0 unspecified atom stereocenters. The summed E-state index contributed by atoms with van der Waals surface area (Å²) >= 11 is 0. The Morgan fingerprint density at radius 3 is 2.71 bits per heavy atom. The molecule has 2 N–H and O–H groups in total. The first kappa shape index (κ1) is 9.38. The van der Waals surface area contributed by atoms with Crippen LogP contribution in [0.25, 0.3) is 0 Å². The van der Waals surface area contributed by atoms with E-state index in [4.69, 9.17) is 10.5 Å². The van der Waals surface area contributed by atoms with Crippen LogP contribution >= 0.6 is 0 Å². The summed E-state index contributed by atoms with van der Waals surface area (Å²) in [6.45, 7) is 3.10. The number of hydrogen-bond donors (Lipinski definition) is 1. The molecule has 2 rings (SSSR count). The molecule has 1 saturated carbocycles. The predicted octanol–water partition coefficient (Wildman–Crippen LogP) is 2.69. The van der Waals surface area contributed by atoms with E-state index in [1.165, 1.54) is 12.8 Å². The Bertz CT molecular complexity index is 311. The van der Waals surface area contributed by atoms with Crippen LogP contribution in [-0.4, -0.2) is 6.61 Å². The van der Waals surface area contributed by atoms with Crippen molar-refractivity contribution >= 4 is 5.69 Å². The lowest BCUT2D eigenvalue weighted by Crippen LogP contribution is -2.28. The highest BCUT2D eigenvalue weighted by Crippen LogP contribution is 2.34. The van der Waals surface area contributed by atoms with Crippen LogP contribution in [0.2, 0.25) is 0 Å². The molecule has 2 heteroatoms. The summed E-state index contributed by atoms with van der Waals surface area (Å²) in [6.07, 6.45) is 2.65. The van der Waals surface area contributed by atoms with Crippen LogP contribution < -0.4 is 10.5 Å². The van der Waals surface area contributed by atoms with Crippen LogP contribution in [0.15, 0.2) is 24.3 Å². The van der Waals surface area contributed by atoms with Crippen molar-refractivity contribution in [2.75, 3.05) is 12.3 Å². The monoisotopic (exact) mass is 191 g/mol. The standard InChI is InChI=1S/C12H17NO/c1-9-6-7-10(9)8-14-12-5-3-2-4-11(12)13/h2-5,9-10H,6-8,13H2,1H3/t9-,10+/m0/s1. The Morgan fingerprint density at radius 1 is 1.36 bits per heavy atom. The zero-order valence-electron chi connectivity index (χ0n) is 8.57. The van der Waals surface area contributed by atoms with E-state index >= 15 is 0 Å². The normalized spacial score (nSPS) is 25.5. The van der Waals surface area contributed by atoms with E-state index in [0.717, 1.165) is 29.9 Å². The largest absolute Gasteiger partial charge is 0.491 e. The van der Waals surface area contributed by atoms with E-state index in [9.17, 15) is 0 Å². The lowest BCUT2D eigenvalue weighted by atomic mass is 9.75. The van der Waals surface area contributed by atoms with Crippen LogP contribution in [0.3, 0.4) is 0 Å². The van der Waals surface area contributed by atoms with Crippen LogP contribution in [0.5, 0.6) is 5.75 Å². The van der Waals surface area contributed by atoms with Crippen LogP contribution in [0.1, 0.15) is 19.8 Å². The molecule has 0 spiro atoms. The first-order valence-corrected chi connectivity index (χ1v) is 5.24. The molecule has 1 fully saturated rings. The Hall–Kier alpha value is -1.18. The van der Waals surface area contributed by atoms with Gasteiger partial charge in [-0.05, 0) is 36.8 Å². The van der Waals surface area contributed by atoms with Crippen molar-refractivity contribution in [3.05, 3.63) is 24.3 Å². The van der Waals surface area contributed by atoms with E-state index in [2.05, 4.69) is 6.92 Å². The molecule has 0 aromatic heterocycles. The second kappa shape index (κ2) is 3.91. The van der Waals surface area contributed by atoms with Crippen molar-refractivity contribution in [1.29, 1.82) is 0 Å². The van der Waals surface area contributed by atoms with Crippen LogP contribution in [0.4, 0.5) is 5.69 Å². The first-order chi connectivity index (χ1) is 6.77. The minimum atomic E-state index is 0.731. The van der Waals surface area contributed by atoms with Gasteiger partial charge in [0.25, 0.3) is 0 Å². The third-order valence-electron chi connectivity index (χ3n) is 3.17. The van der Waals surface area contributed by atoms with Gasteiger partial charge in [0.05, 0.1) is 12.3 Å². The Morgan fingerprint density at radius 2 is 2.14 bits per heavy atom. The third-order valence-corrected chi connectivity index (χ3v) is 3.17. The highest BCUT2D eigenvalue weighted by atomic mass is 16.5. The fraction of sp³-hybridized carbons (Fsp3) is 0.500. The van der Waals surface area contributed by atoms with Gasteiger partial charge in [-0.1, -0.05) is 19.1 Å². The molecule has 0 amide bonds. The Kier molecular flexibility index (Phi) is 2.62. The summed E-state index contributed by atoms with van der Waals surface area (Å²) in [6, 6.07) is 7.68. The maximum atomic E-state index is 5.78. The molecule has 0 heterocycles. The molecule has 0 saturated heterocycles. The number of rotatable bonds is 3. The van der Waals surface area contributed by atoms with E-state index in [1.807, 2.05) is 24.3 Å². The second-order valence-electron chi connectivity index (χ2n) is 4.16. The molecule has 2 atom stereocenters. The summed E-state index contributed by atoms with van der Waals surface area (Å²) < 4.78 is 5.69. The number of nitrogens with two attached hydrogens (primary N) is 1. The minimum absolute atomic E-state index is 0.731. The fourth-order valence-electron chi connectivity index (χ4n) is 1.79. The quantitative estimate of drug-likeness (QED) is 0.745. The van der Waals surface area contributed by atoms with E-state index in [1.54, 1.807) is 0 Å². The zero-order chi connectivity index (χ0) is 9.97. The average Bonchev–Trinajstić information content (AvgIpc) is 2.19. The summed E-state index contributed by atoms with van der Waals surface area (Å²) in [5.41, 5.74) is 6.51. The van der Waals surface area contributed by atoms with Crippen molar-refractivity contribution in [2.24, 2.45) is 11.8 Å². The Balaban J connectivity index is 1.88. The number of nitrogen functional groups attached to an aromatic ring is 1.